The van der Waals surface area contributed by atoms with Crippen LogP contribution in [0.5, 0.6) is 0 Å². The Hall–Kier alpha value is -3.09. The van der Waals surface area contributed by atoms with E-state index >= 15 is 0 Å². The highest BCUT2D eigenvalue weighted by Crippen LogP contribution is 2.23. The lowest BCUT2D eigenvalue weighted by atomic mass is 10.1. The van der Waals surface area contributed by atoms with E-state index in [1.54, 1.807) is 11.8 Å². The molecule has 0 aliphatic rings. The van der Waals surface area contributed by atoms with Crippen LogP contribution in [-0.2, 0) is 18.8 Å². The van der Waals surface area contributed by atoms with Gasteiger partial charge in [-0.2, -0.15) is 0 Å². The van der Waals surface area contributed by atoms with Gasteiger partial charge in [0.2, 0.25) is 0 Å². The molecule has 1 amide bonds. The third kappa shape index (κ3) is 5.54. The Bertz CT molecular complexity index is 1130. The first-order chi connectivity index (χ1) is 15.1. The molecular formula is C25H26N4OS. The van der Waals surface area contributed by atoms with Gasteiger partial charge in [-0.25, -0.2) is 4.98 Å². The van der Waals surface area contributed by atoms with E-state index in [2.05, 4.69) is 32.3 Å². The number of thioether (sulfide) groups is 1. The second-order valence-electron chi connectivity index (χ2n) is 7.73. The summed E-state index contributed by atoms with van der Waals surface area (Å²) in [5.74, 6) is 0.732. The van der Waals surface area contributed by atoms with E-state index in [0.29, 0.717) is 12.1 Å². The average molecular weight is 431 g/mol. The molecule has 0 atom stereocenters. The Kier molecular flexibility index (Phi) is 6.70. The van der Waals surface area contributed by atoms with Crippen LogP contribution >= 0.6 is 11.8 Å². The van der Waals surface area contributed by atoms with Gasteiger partial charge in [-0.1, -0.05) is 60.3 Å². The number of aromatic nitrogens is 2. The Morgan fingerprint density at radius 2 is 1.68 bits per heavy atom. The Labute approximate surface area is 186 Å². The molecule has 158 valence electrons. The minimum atomic E-state index is -0.0591. The normalized spacial score (nSPS) is 11.2. The minimum absolute atomic E-state index is 0.0591. The van der Waals surface area contributed by atoms with Crippen molar-refractivity contribution in [2.75, 3.05) is 14.1 Å². The van der Waals surface area contributed by atoms with Crippen LogP contribution in [0.15, 0.2) is 78.0 Å². The maximum absolute atomic E-state index is 12.6. The summed E-state index contributed by atoms with van der Waals surface area (Å²) < 4.78 is 0. The molecule has 0 unspecified atom stereocenters. The molecule has 0 aliphatic carbocycles. The van der Waals surface area contributed by atoms with Crippen molar-refractivity contribution in [3.05, 3.63) is 95.1 Å². The molecule has 0 radical (unpaired) electrons. The number of carbonyl (C=O) groups is 1. The summed E-state index contributed by atoms with van der Waals surface area (Å²) in [6.45, 7) is 1.37. The van der Waals surface area contributed by atoms with Crippen molar-refractivity contribution in [1.82, 2.24) is 20.2 Å². The maximum atomic E-state index is 12.6. The predicted octanol–water partition coefficient (Wildman–Crippen LogP) is 4.85. The first kappa shape index (κ1) is 21.2. The van der Waals surface area contributed by atoms with Gasteiger partial charge in [0.15, 0.2) is 5.16 Å². The van der Waals surface area contributed by atoms with Crippen LogP contribution in [0.3, 0.4) is 0 Å². The second-order valence-corrected chi connectivity index (χ2v) is 8.70. The summed E-state index contributed by atoms with van der Waals surface area (Å²) in [6, 6.07) is 24.0. The van der Waals surface area contributed by atoms with Crippen molar-refractivity contribution in [3.63, 3.8) is 0 Å². The zero-order valence-corrected chi connectivity index (χ0v) is 18.6. The molecule has 2 N–H and O–H groups in total. The number of fused-ring (bicyclic) bond motifs is 1. The van der Waals surface area contributed by atoms with Gasteiger partial charge in [0.1, 0.15) is 0 Å². The van der Waals surface area contributed by atoms with Crippen molar-refractivity contribution in [1.29, 1.82) is 0 Å². The predicted molar refractivity (Wildman–Crippen MR) is 127 cm³/mol. The molecule has 6 heteroatoms. The zero-order valence-electron chi connectivity index (χ0n) is 17.8. The van der Waals surface area contributed by atoms with Gasteiger partial charge in [-0.3, -0.25) is 4.79 Å². The van der Waals surface area contributed by atoms with Crippen molar-refractivity contribution in [3.8, 4) is 0 Å². The second kappa shape index (κ2) is 9.81. The molecule has 0 bridgehead atoms. The Morgan fingerprint density at radius 3 is 2.42 bits per heavy atom. The van der Waals surface area contributed by atoms with Gasteiger partial charge in [0.25, 0.3) is 5.91 Å². The fourth-order valence-corrected chi connectivity index (χ4v) is 4.25. The molecule has 4 rings (SSSR count). The fraction of sp³-hybridized carbons (Fsp3) is 0.200. The molecule has 0 fully saturated rings. The van der Waals surface area contributed by atoms with Gasteiger partial charge in [-0.05, 0) is 55.1 Å². The third-order valence-corrected chi connectivity index (χ3v) is 5.95. The smallest absolute Gasteiger partial charge is 0.251 e. The van der Waals surface area contributed by atoms with Crippen molar-refractivity contribution >= 4 is 28.7 Å². The minimum Gasteiger partial charge on any atom is -0.348 e. The summed E-state index contributed by atoms with van der Waals surface area (Å²) in [7, 11) is 4.09. The number of rotatable bonds is 8. The summed E-state index contributed by atoms with van der Waals surface area (Å²) in [5, 5.41) is 3.95. The number of benzene rings is 3. The molecule has 1 heterocycles. The highest BCUT2D eigenvalue weighted by atomic mass is 32.2. The van der Waals surface area contributed by atoms with Crippen LogP contribution in [0.25, 0.3) is 11.0 Å². The van der Waals surface area contributed by atoms with Crippen LogP contribution < -0.4 is 5.32 Å². The molecule has 0 saturated carbocycles. The topological polar surface area (TPSA) is 61.0 Å². The zero-order chi connectivity index (χ0) is 21.6. The molecule has 0 spiro atoms. The fourth-order valence-electron chi connectivity index (χ4n) is 3.40. The molecule has 0 aliphatic heterocycles. The highest BCUT2D eigenvalue weighted by Gasteiger charge is 2.09. The highest BCUT2D eigenvalue weighted by molar-refractivity contribution is 7.98. The Morgan fingerprint density at radius 1 is 0.968 bits per heavy atom. The van der Waals surface area contributed by atoms with Crippen molar-refractivity contribution < 1.29 is 4.79 Å². The Balaban J connectivity index is 1.33. The standard InChI is InChI=1S/C25H26N4OS/c1-29(2)16-21-8-4-3-7-20(21)15-26-24(30)19-13-11-18(12-14-19)17-31-25-27-22-9-5-6-10-23(22)28-25/h3-14H,15-17H2,1-2H3,(H,26,30)(H,27,28). The number of para-hydroxylation sites is 2. The molecule has 3 aromatic carbocycles. The lowest BCUT2D eigenvalue weighted by Crippen LogP contribution is -2.24. The summed E-state index contributed by atoms with van der Waals surface area (Å²) in [6.07, 6.45) is 0. The average Bonchev–Trinajstić information content (AvgIpc) is 3.20. The molecule has 1 aromatic heterocycles. The van der Waals surface area contributed by atoms with Gasteiger partial charge in [-0.15, -0.1) is 0 Å². The monoisotopic (exact) mass is 430 g/mol. The molecule has 4 aromatic rings. The van der Waals surface area contributed by atoms with E-state index in [9.17, 15) is 4.79 Å². The number of amides is 1. The largest absolute Gasteiger partial charge is 0.348 e. The van der Waals surface area contributed by atoms with E-state index in [-0.39, 0.29) is 5.91 Å². The van der Waals surface area contributed by atoms with Gasteiger partial charge in [0, 0.05) is 24.4 Å². The quantitative estimate of drug-likeness (QED) is 0.393. The van der Waals surface area contributed by atoms with Crippen molar-refractivity contribution in [2.24, 2.45) is 0 Å². The van der Waals surface area contributed by atoms with Crippen molar-refractivity contribution in [2.45, 2.75) is 24.0 Å². The first-order valence-corrected chi connectivity index (χ1v) is 11.2. The van der Waals surface area contributed by atoms with Crippen LogP contribution in [0.2, 0.25) is 0 Å². The first-order valence-electron chi connectivity index (χ1n) is 10.2. The molecule has 31 heavy (non-hydrogen) atoms. The SMILES string of the molecule is CN(C)Cc1ccccc1CNC(=O)c1ccc(CSc2nc3ccccc3[nH]2)cc1. The molecule has 0 saturated heterocycles. The van der Waals surface area contributed by atoms with Gasteiger partial charge in [0.05, 0.1) is 11.0 Å². The lowest BCUT2D eigenvalue weighted by Gasteiger charge is -2.14. The van der Waals surface area contributed by atoms with Crippen LogP contribution in [0.1, 0.15) is 27.0 Å². The summed E-state index contributed by atoms with van der Waals surface area (Å²) >= 11 is 1.66. The summed E-state index contributed by atoms with van der Waals surface area (Å²) in [5.41, 5.74) is 6.21. The van der Waals surface area contributed by atoms with Crippen LogP contribution in [-0.4, -0.2) is 34.9 Å². The van der Waals surface area contributed by atoms with E-state index < -0.39 is 0 Å². The number of H-pyrrole nitrogens is 1. The number of hydrogen-bond donors (Lipinski definition) is 2. The van der Waals surface area contributed by atoms with Crippen LogP contribution in [0, 0.1) is 0 Å². The van der Waals surface area contributed by atoms with Gasteiger partial charge < -0.3 is 15.2 Å². The van der Waals surface area contributed by atoms with E-state index in [1.165, 1.54) is 5.56 Å². The number of hydrogen-bond acceptors (Lipinski definition) is 4. The lowest BCUT2D eigenvalue weighted by molar-refractivity contribution is 0.0951. The van der Waals surface area contributed by atoms with E-state index in [1.807, 2.05) is 74.8 Å². The molecular weight excluding hydrogens is 404 g/mol. The number of aromatic amines is 1. The number of carbonyl (C=O) groups excluding carboxylic acids is 1. The third-order valence-electron chi connectivity index (χ3n) is 5.00. The number of nitrogens with one attached hydrogen (secondary N) is 2. The maximum Gasteiger partial charge on any atom is 0.251 e. The van der Waals surface area contributed by atoms with E-state index in [4.69, 9.17) is 0 Å². The number of imidazole rings is 1. The van der Waals surface area contributed by atoms with Gasteiger partial charge >= 0.3 is 0 Å². The molecule has 5 nitrogen and oxygen atoms in total. The number of nitrogens with zero attached hydrogens (tertiary/aromatic N) is 2. The van der Waals surface area contributed by atoms with Crippen LogP contribution in [0.4, 0.5) is 0 Å². The van der Waals surface area contributed by atoms with E-state index in [0.717, 1.165) is 39.6 Å². The summed E-state index contributed by atoms with van der Waals surface area (Å²) in [4.78, 5) is 22.6.